The van der Waals surface area contributed by atoms with Crippen LogP contribution in [0.5, 0.6) is 0 Å². The minimum Gasteiger partial charge on any atom is -0.263 e. The van der Waals surface area contributed by atoms with E-state index >= 15 is 0 Å². The summed E-state index contributed by atoms with van der Waals surface area (Å²) in [6, 6.07) is 4.33. The molecule has 22 heavy (non-hydrogen) atoms. The Balaban J connectivity index is 1.77. The van der Waals surface area contributed by atoms with Crippen LogP contribution < -0.4 is 4.72 Å². The molecule has 2 aromatic heterocycles. The Bertz CT molecular complexity index is 704. The largest absolute Gasteiger partial charge is 0.433 e. The van der Waals surface area contributed by atoms with E-state index in [0.717, 1.165) is 23.6 Å². The Labute approximate surface area is 131 Å². The molecule has 9 heteroatoms. The fraction of sp³-hybridized carbons (Fsp3) is 0.462. The van der Waals surface area contributed by atoms with Crippen LogP contribution in [0.25, 0.3) is 10.6 Å². The predicted octanol–water partition coefficient (Wildman–Crippen LogP) is 3.19. The molecule has 1 aliphatic carbocycles. The maximum absolute atomic E-state index is 12.8. The number of aromatic nitrogens is 2. The molecule has 2 heterocycles. The zero-order valence-electron chi connectivity index (χ0n) is 11.7. The van der Waals surface area contributed by atoms with Crippen molar-refractivity contribution < 1.29 is 17.4 Å². The van der Waals surface area contributed by atoms with Crippen molar-refractivity contribution in [2.75, 3.05) is 6.54 Å². The Hall–Kier alpha value is -1.19. The molecular weight excluding hydrogens is 335 g/mol. The molecular formula is C13H14F3N3OS2. The van der Waals surface area contributed by atoms with Gasteiger partial charge in [-0.3, -0.25) is 4.68 Å². The summed E-state index contributed by atoms with van der Waals surface area (Å²) in [6.45, 7) is 0.710. The second-order valence-corrected chi connectivity index (χ2v) is 7.82. The first-order valence-corrected chi connectivity index (χ1v) is 8.68. The molecule has 3 rings (SSSR count). The van der Waals surface area contributed by atoms with Crippen LogP contribution in [0.3, 0.4) is 0 Å². The van der Waals surface area contributed by atoms with Crippen LogP contribution in [0.2, 0.25) is 0 Å². The Morgan fingerprint density at radius 1 is 1.45 bits per heavy atom. The summed E-state index contributed by atoms with van der Waals surface area (Å²) >= 11 is 1.19. The van der Waals surface area contributed by atoms with Crippen LogP contribution in [0, 0.1) is 5.92 Å². The second kappa shape index (κ2) is 5.78. The lowest BCUT2D eigenvalue weighted by atomic mass is 10.3. The quantitative estimate of drug-likeness (QED) is 0.901. The third-order valence-electron chi connectivity index (χ3n) is 3.39. The van der Waals surface area contributed by atoms with Crippen LogP contribution in [-0.2, 0) is 24.2 Å². The van der Waals surface area contributed by atoms with E-state index in [2.05, 4.69) is 9.82 Å². The standard InChI is InChI=1S/C13H14F3N3OS2/c1-19-11(13(14,15)16)6-9(18-19)10-4-5-12(21-10)22(20)17-7-8-2-3-8/h4-6,8,17H,2-3,7H2,1H3. The molecule has 1 N–H and O–H groups in total. The van der Waals surface area contributed by atoms with Crippen molar-refractivity contribution >= 4 is 22.3 Å². The highest BCUT2D eigenvalue weighted by molar-refractivity contribution is 7.85. The molecule has 0 bridgehead atoms. The maximum Gasteiger partial charge on any atom is 0.433 e. The van der Waals surface area contributed by atoms with Gasteiger partial charge in [-0.1, -0.05) is 0 Å². The highest BCUT2D eigenvalue weighted by atomic mass is 32.2. The van der Waals surface area contributed by atoms with Crippen molar-refractivity contribution in [3.63, 3.8) is 0 Å². The van der Waals surface area contributed by atoms with E-state index in [4.69, 9.17) is 0 Å². The van der Waals surface area contributed by atoms with Gasteiger partial charge < -0.3 is 0 Å². The van der Waals surface area contributed by atoms with Gasteiger partial charge in [-0.15, -0.1) is 11.3 Å². The van der Waals surface area contributed by atoms with Gasteiger partial charge >= 0.3 is 6.18 Å². The minimum absolute atomic E-state index is 0.241. The van der Waals surface area contributed by atoms with Gasteiger partial charge in [-0.25, -0.2) is 8.93 Å². The number of hydrogen-bond acceptors (Lipinski definition) is 3. The zero-order valence-corrected chi connectivity index (χ0v) is 13.3. The smallest absolute Gasteiger partial charge is 0.263 e. The lowest BCUT2D eigenvalue weighted by Crippen LogP contribution is -2.18. The summed E-state index contributed by atoms with van der Waals surface area (Å²) in [7, 11) is -0.0607. The summed E-state index contributed by atoms with van der Waals surface area (Å²) in [4.78, 5) is 0.572. The molecule has 1 fully saturated rings. The predicted molar refractivity (Wildman–Crippen MR) is 78.7 cm³/mol. The van der Waals surface area contributed by atoms with Crippen molar-refractivity contribution in [2.45, 2.75) is 23.2 Å². The third kappa shape index (κ3) is 3.41. The van der Waals surface area contributed by atoms with E-state index in [-0.39, 0.29) is 5.69 Å². The van der Waals surface area contributed by atoms with Crippen molar-refractivity contribution in [1.29, 1.82) is 0 Å². The van der Waals surface area contributed by atoms with E-state index in [1.807, 2.05) is 0 Å². The van der Waals surface area contributed by atoms with Gasteiger partial charge in [0.15, 0.2) is 0 Å². The molecule has 0 amide bonds. The fourth-order valence-corrected chi connectivity index (χ4v) is 4.16. The second-order valence-electron chi connectivity index (χ2n) is 5.22. The number of halogens is 3. The SMILES string of the molecule is Cn1nc(-c2ccc(S(=O)NCC3CC3)s2)cc1C(F)(F)F. The number of thiophene rings is 1. The first-order chi connectivity index (χ1) is 10.3. The van der Waals surface area contributed by atoms with E-state index in [1.165, 1.54) is 18.4 Å². The zero-order chi connectivity index (χ0) is 15.9. The van der Waals surface area contributed by atoms with E-state index in [9.17, 15) is 17.4 Å². The third-order valence-corrected chi connectivity index (χ3v) is 5.92. The summed E-state index contributed by atoms with van der Waals surface area (Å²) in [5.74, 6) is 0.605. The highest BCUT2D eigenvalue weighted by Crippen LogP contribution is 2.35. The van der Waals surface area contributed by atoms with Crippen LogP contribution in [0.15, 0.2) is 22.4 Å². The number of rotatable bonds is 5. The average Bonchev–Trinajstić information content (AvgIpc) is 2.96. The van der Waals surface area contributed by atoms with Crippen molar-refractivity contribution in [2.24, 2.45) is 13.0 Å². The van der Waals surface area contributed by atoms with Gasteiger partial charge in [0.25, 0.3) is 0 Å². The minimum atomic E-state index is -4.44. The van der Waals surface area contributed by atoms with Crippen molar-refractivity contribution in [3.8, 4) is 10.6 Å². The molecule has 0 aliphatic heterocycles. The number of hydrogen-bond donors (Lipinski definition) is 1. The van der Waals surface area contributed by atoms with Gasteiger partial charge in [0.1, 0.15) is 26.6 Å². The number of aryl methyl sites for hydroxylation is 1. The summed E-state index contributed by atoms with van der Waals surface area (Å²) in [5, 5.41) is 3.89. The first-order valence-electron chi connectivity index (χ1n) is 6.71. The monoisotopic (exact) mass is 349 g/mol. The molecule has 0 aromatic carbocycles. The van der Waals surface area contributed by atoms with E-state index < -0.39 is 22.9 Å². The van der Waals surface area contributed by atoms with Gasteiger partial charge in [-0.2, -0.15) is 18.3 Å². The molecule has 1 unspecified atom stereocenters. The van der Waals surface area contributed by atoms with Gasteiger partial charge in [-0.05, 0) is 37.0 Å². The average molecular weight is 349 g/mol. The molecule has 0 saturated heterocycles. The van der Waals surface area contributed by atoms with Crippen LogP contribution in [0.1, 0.15) is 18.5 Å². The number of nitrogens with zero attached hydrogens (tertiary/aromatic N) is 2. The summed E-state index contributed by atoms with van der Waals surface area (Å²) in [5.41, 5.74) is -0.560. The molecule has 1 saturated carbocycles. The Kier molecular flexibility index (Phi) is 4.13. The first kappa shape index (κ1) is 15.7. The summed E-state index contributed by atoms with van der Waals surface area (Å²) < 4.78 is 54.7. The molecule has 2 aromatic rings. The Morgan fingerprint density at radius 3 is 2.77 bits per heavy atom. The molecule has 1 atom stereocenters. The highest BCUT2D eigenvalue weighted by Gasteiger charge is 2.35. The lowest BCUT2D eigenvalue weighted by Gasteiger charge is -2.04. The van der Waals surface area contributed by atoms with Crippen molar-refractivity contribution in [1.82, 2.24) is 14.5 Å². The van der Waals surface area contributed by atoms with Crippen LogP contribution in [0.4, 0.5) is 13.2 Å². The van der Waals surface area contributed by atoms with Crippen LogP contribution in [-0.4, -0.2) is 20.5 Å². The van der Waals surface area contributed by atoms with Gasteiger partial charge in [0, 0.05) is 13.6 Å². The van der Waals surface area contributed by atoms with Crippen molar-refractivity contribution in [3.05, 3.63) is 23.9 Å². The molecule has 0 spiro atoms. The molecule has 4 nitrogen and oxygen atoms in total. The molecule has 0 radical (unpaired) electrons. The fourth-order valence-electron chi connectivity index (χ4n) is 2.00. The Morgan fingerprint density at radius 2 is 2.18 bits per heavy atom. The van der Waals surface area contributed by atoms with E-state index in [1.54, 1.807) is 12.1 Å². The van der Waals surface area contributed by atoms with Gasteiger partial charge in [0.2, 0.25) is 0 Å². The van der Waals surface area contributed by atoms with E-state index in [0.29, 0.717) is 21.5 Å². The normalized spacial score (nSPS) is 16.9. The lowest BCUT2D eigenvalue weighted by molar-refractivity contribution is -0.143. The molecule has 1 aliphatic rings. The topological polar surface area (TPSA) is 46.9 Å². The number of nitrogens with one attached hydrogen (secondary N) is 1. The summed E-state index contributed by atoms with van der Waals surface area (Å²) in [6.07, 6.45) is -2.11. The molecule has 120 valence electrons. The van der Waals surface area contributed by atoms with Gasteiger partial charge in [0.05, 0.1) is 4.88 Å². The maximum atomic E-state index is 12.8. The number of alkyl halides is 3. The van der Waals surface area contributed by atoms with Crippen LogP contribution >= 0.6 is 11.3 Å².